The zero-order valence-electron chi connectivity index (χ0n) is 10.7. The monoisotopic (exact) mass is 273 g/mol. The van der Waals surface area contributed by atoms with Crippen LogP contribution in [0.15, 0.2) is 4.52 Å². The molecule has 2 N–H and O–H groups in total. The molecule has 1 rings (SSSR count). The summed E-state index contributed by atoms with van der Waals surface area (Å²) in [6.07, 6.45) is 1.80. The van der Waals surface area contributed by atoms with Crippen molar-refractivity contribution in [1.82, 2.24) is 10.1 Å². The summed E-state index contributed by atoms with van der Waals surface area (Å²) in [4.78, 5) is 15.5. The van der Waals surface area contributed by atoms with Crippen molar-refractivity contribution in [1.29, 1.82) is 0 Å². The van der Waals surface area contributed by atoms with Gasteiger partial charge in [-0.1, -0.05) is 12.1 Å². The van der Waals surface area contributed by atoms with Crippen LogP contribution < -0.4 is 5.73 Å². The lowest BCUT2D eigenvalue weighted by Crippen LogP contribution is -2.34. The Morgan fingerprint density at radius 1 is 1.56 bits per heavy atom. The third-order valence-corrected chi connectivity index (χ3v) is 3.14. The molecule has 0 amide bonds. The molecule has 18 heavy (non-hydrogen) atoms. The van der Waals surface area contributed by atoms with Gasteiger partial charge in [0.1, 0.15) is 6.04 Å². The first-order chi connectivity index (χ1) is 8.67. The van der Waals surface area contributed by atoms with Crippen molar-refractivity contribution in [3.63, 3.8) is 0 Å². The van der Waals surface area contributed by atoms with Gasteiger partial charge >= 0.3 is 5.97 Å². The van der Waals surface area contributed by atoms with E-state index in [1.54, 1.807) is 6.92 Å². The van der Waals surface area contributed by atoms with E-state index in [0.29, 0.717) is 24.0 Å². The van der Waals surface area contributed by atoms with Gasteiger partial charge in [0.2, 0.25) is 5.89 Å². The van der Waals surface area contributed by atoms with Crippen LogP contribution in [0.1, 0.15) is 32.0 Å². The first-order valence-corrected chi connectivity index (χ1v) is 7.14. The van der Waals surface area contributed by atoms with Gasteiger partial charge in [-0.3, -0.25) is 4.79 Å². The van der Waals surface area contributed by atoms with Gasteiger partial charge < -0.3 is 15.0 Å². The highest BCUT2D eigenvalue weighted by molar-refractivity contribution is 7.98. The summed E-state index contributed by atoms with van der Waals surface area (Å²) < 4.78 is 9.88. The van der Waals surface area contributed by atoms with Gasteiger partial charge in [-0.05, 0) is 13.3 Å². The minimum absolute atomic E-state index is 0.348. The number of thioether (sulfide) groups is 1. The predicted octanol–water partition coefficient (Wildman–Crippen LogP) is 1.15. The van der Waals surface area contributed by atoms with E-state index in [1.807, 2.05) is 0 Å². The standard InChI is InChI=1S/C11H19N3O3S/c1-3-5-9-13-10(17-14-9)7-18-6-8(12)11(15)16-4-2/h8H,3-7,12H2,1-2H3. The minimum atomic E-state index is -0.604. The Bertz CT molecular complexity index is 370. The maximum absolute atomic E-state index is 11.3. The predicted molar refractivity (Wildman–Crippen MR) is 69.1 cm³/mol. The molecule has 0 fully saturated rings. The Labute approximate surface area is 111 Å². The number of aromatic nitrogens is 2. The normalized spacial score (nSPS) is 12.4. The maximum Gasteiger partial charge on any atom is 0.323 e. The van der Waals surface area contributed by atoms with E-state index in [0.717, 1.165) is 18.7 Å². The summed E-state index contributed by atoms with van der Waals surface area (Å²) in [5.41, 5.74) is 5.66. The summed E-state index contributed by atoms with van der Waals surface area (Å²) in [7, 11) is 0. The van der Waals surface area contributed by atoms with Crippen LogP contribution in [0.25, 0.3) is 0 Å². The lowest BCUT2D eigenvalue weighted by molar-refractivity contribution is -0.144. The van der Waals surface area contributed by atoms with Gasteiger partial charge in [0.15, 0.2) is 5.82 Å². The Morgan fingerprint density at radius 2 is 2.33 bits per heavy atom. The number of nitrogens with two attached hydrogens (primary N) is 1. The molecule has 0 aliphatic rings. The fraction of sp³-hybridized carbons (Fsp3) is 0.727. The number of hydrogen-bond acceptors (Lipinski definition) is 7. The van der Waals surface area contributed by atoms with E-state index >= 15 is 0 Å². The summed E-state index contributed by atoms with van der Waals surface area (Å²) in [6, 6.07) is -0.604. The molecule has 0 aliphatic heterocycles. The molecule has 1 atom stereocenters. The molecule has 0 bridgehead atoms. The second kappa shape index (κ2) is 8.10. The molecule has 6 nitrogen and oxygen atoms in total. The number of carbonyl (C=O) groups excluding carboxylic acids is 1. The molecule has 0 radical (unpaired) electrons. The number of esters is 1. The van der Waals surface area contributed by atoms with Crippen molar-refractivity contribution in [2.24, 2.45) is 5.73 Å². The van der Waals surface area contributed by atoms with Crippen LogP contribution >= 0.6 is 11.8 Å². The first kappa shape index (κ1) is 15.0. The summed E-state index contributed by atoms with van der Waals surface area (Å²) in [5, 5.41) is 3.85. The fourth-order valence-corrected chi connectivity index (χ4v) is 2.06. The Hall–Kier alpha value is -1.08. The van der Waals surface area contributed by atoms with Gasteiger partial charge in [0, 0.05) is 12.2 Å². The first-order valence-electron chi connectivity index (χ1n) is 5.98. The molecular formula is C11H19N3O3S. The fourth-order valence-electron chi connectivity index (χ4n) is 1.26. The van der Waals surface area contributed by atoms with Crippen molar-refractivity contribution in [3.8, 4) is 0 Å². The van der Waals surface area contributed by atoms with Crippen LogP contribution in [-0.4, -0.2) is 34.5 Å². The molecule has 1 aromatic heterocycles. The third kappa shape index (κ3) is 5.05. The van der Waals surface area contributed by atoms with Crippen molar-refractivity contribution in [3.05, 3.63) is 11.7 Å². The highest BCUT2D eigenvalue weighted by Gasteiger charge is 2.15. The molecule has 0 aliphatic carbocycles. The van der Waals surface area contributed by atoms with Crippen LogP contribution in [0.4, 0.5) is 0 Å². The van der Waals surface area contributed by atoms with Crippen LogP contribution in [0.5, 0.6) is 0 Å². The molecule has 0 aromatic carbocycles. The quantitative estimate of drug-likeness (QED) is 0.710. The van der Waals surface area contributed by atoms with E-state index < -0.39 is 6.04 Å². The van der Waals surface area contributed by atoms with Gasteiger partial charge in [-0.15, -0.1) is 11.8 Å². The van der Waals surface area contributed by atoms with E-state index in [1.165, 1.54) is 11.8 Å². The van der Waals surface area contributed by atoms with Gasteiger partial charge in [-0.2, -0.15) is 4.98 Å². The molecule has 0 saturated carbocycles. The van der Waals surface area contributed by atoms with E-state index in [9.17, 15) is 4.79 Å². The summed E-state index contributed by atoms with van der Waals surface area (Å²) >= 11 is 1.48. The van der Waals surface area contributed by atoms with Crippen molar-refractivity contribution >= 4 is 17.7 Å². The van der Waals surface area contributed by atoms with Crippen molar-refractivity contribution < 1.29 is 14.1 Å². The molecule has 1 aromatic rings. The summed E-state index contributed by atoms with van der Waals surface area (Å²) in [6.45, 7) is 4.16. The highest BCUT2D eigenvalue weighted by atomic mass is 32.2. The number of hydrogen-bond donors (Lipinski definition) is 1. The smallest absolute Gasteiger partial charge is 0.323 e. The second-order valence-corrected chi connectivity index (χ2v) is 4.76. The maximum atomic E-state index is 11.3. The molecule has 102 valence electrons. The molecule has 7 heteroatoms. The van der Waals surface area contributed by atoms with E-state index in [-0.39, 0.29) is 5.97 Å². The highest BCUT2D eigenvalue weighted by Crippen LogP contribution is 2.12. The molecule has 0 spiro atoms. The Morgan fingerprint density at radius 3 is 3.00 bits per heavy atom. The second-order valence-electron chi connectivity index (χ2n) is 3.73. The van der Waals surface area contributed by atoms with Gasteiger partial charge in [0.05, 0.1) is 12.4 Å². The number of nitrogens with zero attached hydrogens (tertiary/aromatic N) is 2. The lowest BCUT2D eigenvalue weighted by Gasteiger charge is -2.08. The van der Waals surface area contributed by atoms with E-state index in [4.69, 9.17) is 15.0 Å². The minimum Gasteiger partial charge on any atom is -0.465 e. The largest absolute Gasteiger partial charge is 0.465 e. The zero-order valence-corrected chi connectivity index (χ0v) is 11.5. The van der Waals surface area contributed by atoms with Crippen LogP contribution in [-0.2, 0) is 21.7 Å². The zero-order chi connectivity index (χ0) is 13.4. The van der Waals surface area contributed by atoms with Crippen molar-refractivity contribution in [2.75, 3.05) is 12.4 Å². The van der Waals surface area contributed by atoms with Crippen LogP contribution in [0.3, 0.4) is 0 Å². The van der Waals surface area contributed by atoms with Crippen LogP contribution in [0, 0.1) is 0 Å². The molecule has 0 saturated heterocycles. The average molecular weight is 273 g/mol. The average Bonchev–Trinajstić information content (AvgIpc) is 2.77. The van der Waals surface area contributed by atoms with Crippen LogP contribution in [0.2, 0.25) is 0 Å². The van der Waals surface area contributed by atoms with E-state index in [2.05, 4.69) is 17.1 Å². The molecule has 1 heterocycles. The number of ether oxygens (including phenoxy) is 1. The SMILES string of the molecule is CCCc1noc(CSCC(N)C(=O)OCC)n1. The topological polar surface area (TPSA) is 91.2 Å². The third-order valence-electron chi connectivity index (χ3n) is 2.10. The van der Waals surface area contributed by atoms with Crippen molar-refractivity contribution in [2.45, 2.75) is 38.5 Å². The molecular weight excluding hydrogens is 254 g/mol. The summed E-state index contributed by atoms with van der Waals surface area (Å²) in [5.74, 6) is 1.96. The van der Waals surface area contributed by atoms with Gasteiger partial charge in [-0.25, -0.2) is 0 Å². The Balaban J connectivity index is 2.26. The number of rotatable bonds is 8. The van der Waals surface area contributed by atoms with Gasteiger partial charge in [0.25, 0.3) is 0 Å². The number of carbonyl (C=O) groups is 1. The number of aryl methyl sites for hydroxylation is 1. The Kier molecular flexibility index (Phi) is 6.74. The lowest BCUT2D eigenvalue weighted by atomic mass is 10.3. The molecule has 1 unspecified atom stereocenters.